The van der Waals surface area contributed by atoms with E-state index in [-0.39, 0.29) is 28.9 Å². The molecular weight excluding hydrogens is 293 g/mol. The normalized spacial score (nSPS) is 11.0. The van der Waals surface area contributed by atoms with E-state index in [1.54, 1.807) is 0 Å². The second-order valence-corrected chi connectivity index (χ2v) is 4.92. The Kier molecular flexibility index (Phi) is 4.33. The van der Waals surface area contributed by atoms with E-state index in [0.29, 0.717) is 5.56 Å². The molecule has 2 aromatic heterocycles. The van der Waals surface area contributed by atoms with Crippen LogP contribution in [0.1, 0.15) is 16.1 Å². The van der Waals surface area contributed by atoms with E-state index in [1.165, 1.54) is 23.0 Å². The first kappa shape index (κ1) is 14.4. The predicted molar refractivity (Wildman–Crippen MR) is 66.5 cm³/mol. The summed E-state index contributed by atoms with van der Waals surface area (Å²) in [6, 6.07) is 3.84. The number of carbonyl (C=O) groups is 1. The zero-order chi connectivity index (χ0) is 14.7. The van der Waals surface area contributed by atoms with Gasteiger partial charge in [-0.15, -0.1) is 0 Å². The van der Waals surface area contributed by atoms with E-state index >= 15 is 0 Å². The van der Waals surface area contributed by atoms with Crippen LogP contribution in [-0.4, -0.2) is 26.4 Å². The van der Waals surface area contributed by atoms with Crippen LogP contribution >= 0.6 is 11.8 Å². The van der Waals surface area contributed by atoms with Gasteiger partial charge in [-0.1, -0.05) is 11.8 Å². The number of alkyl halides is 2. The Morgan fingerprint density at radius 2 is 2.20 bits per heavy atom. The van der Waals surface area contributed by atoms with Gasteiger partial charge in [0, 0.05) is 23.8 Å². The fraction of sp³-hybridized carbons (Fsp3) is 0.167. The Labute approximate surface area is 116 Å². The Morgan fingerprint density at radius 3 is 2.80 bits per heavy atom. The maximum absolute atomic E-state index is 13.0. The van der Waals surface area contributed by atoms with E-state index in [1.807, 2.05) is 0 Å². The van der Waals surface area contributed by atoms with Crippen LogP contribution in [0.15, 0.2) is 35.5 Å². The van der Waals surface area contributed by atoms with Crippen LogP contribution in [0.25, 0.3) is 0 Å². The number of hydrogen-bond donors (Lipinski definition) is 1. The van der Waals surface area contributed by atoms with Crippen molar-refractivity contribution in [2.24, 2.45) is 0 Å². The summed E-state index contributed by atoms with van der Waals surface area (Å²) < 4.78 is 38.8. The van der Waals surface area contributed by atoms with E-state index in [2.05, 4.69) is 4.98 Å². The zero-order valence-electron chi connectivity index (χ0n) is 9.96. The van der Waals surface area contributed by atoms with Gasteiger partial charge in [-0.2, -0.15) is 13.2 Å². The minimum absolute atomic E-state index is 0.0604. The largest absolute Gasteiger partial charge is 0.477 e. The highest BCUT2D eigenvalue weighted by Crippen LogP contribution is 2.27. The second kappa shape index (κ2) is 6.00. The van der Waals surface area contributed by atoms with Gasteiger partial charge in [0.05, 0.1) is 0 Å². The molecule has 0 fully saturated rings. The molecule has 0 spiro atoms. The van der Waals surface area contributed by atoms with E-state index in [0.717, 1.165) is 12.1 Å². The summed E-state index contributed by atoms with van der Waals surface area (Å²) >= 11 is 0.261. The molecule has 4 nitrogen and oxygen atoms in total. The average molecular weight is 302 g/mol. The lowest BCUT2D eigenvalue weighted by Crippen LogP contribution is -2.08. The molecule has 0 amide bonds. The minimum atomic E-state index is -2.63. The number of halogens is 3. The minimum Gasteiger partial charge on any atom is -0.477 e. The summed E-state index contributed by atoms with van der Waals surface area (Å²) in [6.07, 6.45) is 2.56. The number of nitrogens with zero attached hydrogens (tertiary/aromatic N) is 2. The standard InChI is InChI=1S/C12H9F3N2O2S/c13-10-3-7(1-2-16-10)5-17-6-8(20-12(14)15)4-9(17)11(18)19/h1-4,6,12H,5H2,(H,18,19). The Morgan fingerprint density at radius 1 is 1.45 bits per heavy atom. The highest BCUT2D eigenvalue weighted by Gasteiger charge is 2.16. The molecule has 0 aliphatic carbocycles. The van der Waals surface area contributed by atoms with Crippen LogP contribution in [-0.2, 0) is 6.54 Å². The molecule has 2 rings (SSSR count). The van der Waals surface area contributed by atoms with Crippen LogP contribution in [0.5, 0.6) is 0 Å². The first-order valence-electron chi connectivity index (χ1n) is 5.44. The number of carboxylic acids is 1. The molecule has 0 aliphatic heterocycles. The fourth-order valence-corrected chi connectivity index (χ4v) is 2.27. The number of carboxylic acid groups (broad SMARTS) is 1. The molecule has 0 aliphatic rings. The molecule has 0 bridgehead atoms. The quantitative estimate of drug-likeness (QED) is 0.681. The van der Waals surface area contributed by atoms with E-state index in [9.17, 15) is 18.0 Å². The molecule has 8 heteroatoms. The van der Waals surface area contributed by atoms with Crippen molar-refractivity contribution in [2.75, 3.05) is 0 Å². The van der Waals surface area contributed by atoms with Gasteiger partial charge in [0.15, 0.2) is 0 Å². The number of aromatic carboxylic acids is 1. The van der Waals surface area contributed by atoms with Gasteiger partial charge in [-0.25, -0.2) is 9.78 Å². The summed E-state index contributed by atoms with van der Waals surface area (Å²) in [7, 11) is 0. The lowest BCUT2D eigenvalue weighted by Gasteiger charge is -2.06. The molecule has 0 saturated heterocycles. The van der Waals surface area contributed by atoms with Crippen molar-refractivity contribution in [3.63, 3.8) is 0 Å². The van der Waals surface area contributed by atoms with Gasteiger partial charge in [0.1, 0.15) is 5.69 Å². The average Bonchev–Trinajstić information content (AvgIpc) is 2.71. The van der Waals surface area contributed by atoms with Gasteiger partial charge in [-0.05, 0) is 23.8 Å². The van der Waals surface area contributed by atoms with Crippen LogP contribution in [0.4, 0.5) is 13.2 Å². The molecule has 1 N–H and O–H groups in total. The monoisotopic (exact) mass is 302 g/mol. The maximum Gasteiger partial charge on any atom is 0.352 e. The van der Waals surface area contributed by atoms with Gasteiger partial charge >= 0.3 is 5.97 Å². The third-order valence-corrected chi connectivity index (χ3v) is 3.13. The van der Waals surface area contributed by atoms with Crippen LogP contribution < -0.4 is 0 Å². The van der Waals surface area contributed by atoms with E-state index < -0.39 is 17.7 Å². The van der Waals surface area contributed by atoms with Crippen molar-refractivity contribution >= 4 is 17.7 Å². The summed E-state index contributed by atoms with van der Waals surface area (Å²) in [5.41, 5.74) is 0.356. The Hall–Kier alpha value is -1.96. The van der Waals surface area contributed by atoms with Crippen molar-refractivity contribution in [1.82, 2.24) is 9.55 Å². The third-order valence-electron chi connectivity index (χ3n) is 2.46. The smallest absolute Gasteiger partial charge is 0.352 e. The molecule has 2 aromatic rings. The summed E-state index contributed by atoms with van der Waals surface area (Å²) in [6.45, 7) is 0.0604. The SMILES string of the molecule is O=C(O)c1cc(SC(F)F)cn1Cc1ccnc(F)c1. The van der Waals surface area contributed by atoms with Crippen molar-refractivity contribution in [1.29, 1.82) is 0 Å². The molecule has 0 radical (unpaired) electrons. The molecule has 0 aromatic carbocycles. The van der Waals surface area contributed by atoms with Crippen LogP contribution in [0.3, 0.4) is 0 Å². The molecule has 20 heavy (non-hydrogen) atoms. The Balaban J connectivity index is 2.29. The number of thioether (sulfide) groups is 1. The fourth-order valence-electron chi connectivity index (χ4n) is 1.70. The molecule has 0 saturated carbocycles. The number of hydrogen-bond acceptors (Lipinski definition) is 3. The third kappa shape index (κ3) is 3.53. The molecule has 106 valence electrons. The van der Waals surface area contributed by atoms with E-state index in [4.69, 9.17) is 5.11 Å². The maximum atomic E-state index is 13.0. The number of pyridine rings is 1. The molecule has 0 unspecified atom stereocenters. The molecule has 0 atom stereocenters. The van der Waals surface area contributed by atoms with Crippen molar-refractivity contribution in [2.45, 2.75) is 17.2 Å². The van der Waals surface area contributed by atoms with Crippen molar-refractivity contribution in [3.05, 3.63) is 47.8 Å². The lowest BCUT2D eigenvalue weighted by atomic mass is 10.2. The zero-order valence-corrected chi connectivity index (χ0v) is 10.8. The van der Waals surface area contributed by atoms with Gasteiger partial charge < -0.3 is 9.67 Å². The summed E-state index contributed by atoms with van der Waals surface area (Å²) in [4.78, 5) is 14.6. The Bertz CT molecular complexity index is 631. The number of rotatable bonds is 5. The van der Waals surface area contributed by atoms with Gasteiger partial charge in [0.25, 0.3) is 5.76 Å². The number of aromatic nitrogens is 2. The summed E-state index contributed by atoms with van der Waals surface area (Å²) in [5, 5.41) is 9.04. The van der Waals surface area contributed by atoms with Crippen LogP contribution in [0.2, 0.25) is 0 Å². The van der Waals surface area contributed by atoms with Crippen molar-refractivity contribution in [3.8, 4) is 0 Å². The lowest BCUT2D eigenvalue weighted by molar-refractivity contribution is 0.0685. The predicted octanol–water partition coefficient (Wildman–Crippen LogP) is 3.08. The van der Waals surface area contributed by atoms with Gasteiger partial charge in [-0.3, -0.25) is 0 Å². The highest BCUT2D eigenvalue weighted by atomic mass is 32.2. The topological polar surface area (TPSA) is 55.1 Å². The second-order valence-electron chi connectivity index (χ2n) is 3.86. The first-order chi connectivity index (χ1) is 9.45. The van der Waals surface area contributed by atoms with Gasteiger partial charge in [0.2, 0.25) is 5.95 Å². The molecular formula is C12H9F3N2O2S. The van der Waals surface area contributed by atoms with Crippen molar-refractivity contribution < 1.29 is 23.1 Å². The summed E-state index contributed by atoms with van der Waals surface area (Å²) in [5.74, 6) is -4.56. The van der Waals surface area contributed by atoms with Crippen LogP contribution in [0, 0.1) is 5.95 Å². The molecule has 2 heterocycles. The highest BCUT2D eigenvalue weighted by molar-refractivity contribution is 7.99. The first-order valence-corrected chi connectivity index (χ1v) is 6.32.